The van der Waals surface area contributed by atoms with E-state index in [0.29, 0.717) is 17.1 Å². The van der Waals surface area contributed by atoms with E-state index in [4.69, 9.17) is 11.6 Å². The molecule has 0 bridgehead atoms. The Morgan fingerprint density at radius 1 is 1.47 bits per heavy atom. The summed E-state index contributed by atoms with van der Waals surface area (Å²) in [6, 6.07) is 0.103. The summed E-state index contributed by atoms with van der Waals surface area (Å²) in [6.07, 6.45) is 0.174. The smallest absolute Gasteiger partial charge is 0.123 e. The molecule has 0 saturated heterocycles. The highest BCUT2D eigenvalue weighted by atomic mass is 35.5. The molecule has 0 fully saturated rings. The summed E-state index contributed by atoms with van der Waals surface area (Å²) in [5.41, 5.74) is 0.487. The second kappa shape index (κ2) is 4.96. The van der Waals surface area contributed by atoms with E-state index in [1.807, 2.05) is 13.8 Å². The van der Waals surface area contributed by atoms with Gasteiger partial charge < -0.3 is 10.2 Å². The van der Waals surface area contributed by atoms with E-state index in [9.17, 15) is 10.2 Å². The van der Waals surface area contributed by atoms with E-state index in [0.717, 1.165) is 0 Å². The minimum Gasteiger partial charge on any atom is -0.390 e. The molecule has 2 N–H and O–H groups in total. The van der Waals surface area contributed by atoms with Gasteiger partial charge in [-0.2, -0.15) is 5.10 Å². The molecule has 0 radical (unpaired) electrons. The zero-order valence-corrected chi connectivity index (χ0v) is 9.94. The first-order valence-electron chi connectivity index (χ1n) is 5.08. The molecule has 0 saturated carbocycles. The van der Waals surface area contributed by atoms with Crippen molar-refractivity contribution >= 4 is 11.6 Å². The van der Waals surface area contributed by atoms with Crippen molar-refractivity contribution in [3.63, 3.8) is 0 Å². The second-order valence-corrected chi connectivity index (χ2v) is 4.24. The monoisotopic (exact) mass is 232 g/mol. The van der Waals surface area contributed by atoms with Gasteiger partial charge in [-0.25, -0.2) is 0 Å². The summed E-state index contributed by atoms with van der Waals surface area (Å²) in [5.74, 6) is 0. The van der Waals surface area contributed by atoms with Crippen LogP contribution in [-0.4, -0.2) is 26.1 Å². The molecule has 0 aliphatic rings. The first-order chi connectivity index (χ1) is 6.99. The Bertz CT molecular complexity index is 325. The number of halogens is 1. The molecule has 1 rings (SSSR count). The van der Waals surface area contributed by atoms with Crippen molar-refractivity contribution in [1.29, 1.82) is 0 Å². The molecular weight excluding hydrogens is 216 g/mol. The normalized spacial score (nSPS) is 15.7. The van der Waals surface area contributed by atoms with E-state index < -0.39 is 12.2 Å². The van der Waals surface area contributed by atoms with Crippen LogP contribution in [0.15, 0.2) is 6.20 Å². The van der Waals surface area contributed by atoms with E-state index in [1.165, 1.54) is 6.20 Å². The average molecular weight is 233 g/mol. The van der Waals surface area contributed by atoms with Crippen molar-refractivity contribution in [1.82, 2.24) is 9.78 Å². The molecule has 0 spiro atoms. The van der Waals surface area contributed by atoms with Gasteiger partial charge in [0.25, 0.3) is 0 Å². The zero-order chi connectivity index (χ0) is 11.6. The molecule has 0 aliphatic heterocycles. The maximum absolute atomic E-state index is 9.89. The highest BCUT2D eigenvalue weighted by molar-refractivity contribution is 6.31. The number of rotatable bonds is 4. The molecule has 5 heteroatoms. The van der Waals surface area contributed by atoms with Gasteiger partial charge in [-0.1, -0.05) is 18.5 Å². The van der Waals surface area contributed by atoms with Gasteiger partial charge in [-0.15, -0.1) is 0 Å². The quantitative estimate of drug-likeness (QED) is 0.834. The Kier molecular flexibility index (Phi) is 4.13. The molecule has 2 unspecified atom stereocenters. The summed E-state index contributed by atoms with van der Waals surface area (Å²) in [7, 11) is 0. The Morgan fingerprint density at radius 2 is 2.07 bits per heavy atom. The largest absolute Gasteiger partial charge is 0.390 e. The maximum Gasteiger partial charge on any atom is 0.123 e. The number of aliphatic hydroxyl groups is 2. The predicted octanol–water partition coefficient (Wildman–Crippen LogP) is 1.92. The summed E-state index contributed by atoms with van der Waals surface area (Å²) >= 11 is 5.93. The first kappa shape index (κ1) is 12.5. The maximum atomic E-state index is 9.89. The van der Waals surface area contributed by atoms with Crippen LogP contribution >= 0.6 is 11.6 Å². The lowest BCUT2D eigenvalue weighted by Crippen LogP contribution is -2.21. The van der Waals surface area contributed by atoms with Crippen LogP contribution in [0, 0.1) is 0 Å². The van der Waals surface area contributed by atoms with Gasteiger partial charge in [0.05, 0.1) is 23.0 Å². The van der Waals surface area contributed by atoms with Gasteiger partial charge in [0.2, 0.25) is 0 Å². The number of aliphatic hydroxyl groups excluding tert-OH is 2. The van der Waals surface area contributed by atoms with Crippen molar-refractivity contribution in [3.8, 4) is 0 Å². The van der Waals surface area contributed by atoms with Crippen LogP contribution in [-0.2, 0) is 0 Å². The Morgan fingerprint density at radius 3 is 2.53 bits per heavy atom. The van der Waals surface area contributed by atoms with Gasteiger partial charge in [-0.05, 0) is 20.3 Å². The summed E-state index contributed by atoms with van der Waals surface area (Å²) in [5, 5.41) is 23.9. The van der Waals surface area contributed by atoms with Crippen molar-refractivity contribution in [3.05, 3.63) is 16.9 Å². The zero-order valence-electron chi connectivity index (χ0n) is 9.18. The molecule has 1 aromatic heterocycles. The molecule has 0 aliphatic carbocycles. The molecular formula is C10H17ClN2O2. The van der Waals surface area contributed by atoms with Crippen LogP contribution in [0.4, 0.5) is 0 Å². The number of hydrogen-bond acceptors (Lipinski definition) is 3. The standard InChI is InChI=1S/C10H17ClN2O2/c1-4-8(14)10(15)9-7(11)5-12-13(9)6(2)3/h5-6,8,10,14-15H,4H2,1-3H3. The SMILES string of the molecule is CCC(O)C(O)c1c(Cl)cnn1C(C)C. The topological polar surface area (TPSA) is 58.3 Å². The second-order valence-electron chi connectivity index (χ2n) is 3.84. The van der Waals surface area contributed by atoms with Gasteiger partial charge in [0, 0.05) is 6.04 Å². The van der Waals surface area contributed by atoms with Gasteiger partial charge in [-0.3, -0.25) is 4.68 Å². The van der Waals surface area contributed by atoms with Crippen LogP contribution in [0.1, 0.15) is 45.0 Å². The first-order valence-corrected chi connectivity index (χ1v) is 5.45. The lowest BCUT2D eigenvalue weighted by molar-refractivity contribution is 0.0106. The average Bonchev–Trinajstić information content (AvgIpc) is 2.58. The van der Waals surface area contributed by atoms with Crippen molar-refractivity contribution in [2.45, 2.75) is 45.4 Å². The van der Waals surface area contributed by atoms with Gasteiger partial charge >= 0.3 is 0 Å². The summed E-state index contributed by atoms with van der Waals surface area (Å²) in [4.78, 5) is 0. The molecule has 0 amide bonds. The van der Waals surface area contributed by atoms with Crippen LogP contribution in [0.25, 0.3) is 0 Å². The van der Waals surface area contributed by atoms with Crippen molar-refractivity contribution in [2.24, 2.45) is 0 Å². The van der Waals surface area contributed by atoms with Crippen molar-refractivity contribution < 1.29 is 10.2 Å². The minimum absolute atomic E-state index is 0.103. The highest BCUT2D eigenvalue weighted by Gasteiger charge is 2.24. The van der Waals surface area contributed by atoms with E-state index in [-0.39, 0.29) is 6.04 Å². The Balaban J connectivity index is 3.06. The third-order valence-corrected chi connectivity index (χ3v) is 2.63. The Hall–Kier alpha value is -0.580. The summed E-state index contributed by atoms with van der Waals surface area (Å²) < 4.78 is 1.63. The molecule has 2 atom stereocenters. The van der Waals surface area contributed by atoms with Crippen LogP contribution < -0.4 is 0 Å². The van der Waals surface area contributed by atoms with E-state index in [1.54, 1.807) is 11.6 Å². The fourth-order valence-electron chi connectivity index (χ4n) is 1.44. The molecule has 0 aromatic carbocycles. The molecule has 1 aromatic rings. The Labute approximate surface area is 94.5 Å². The summed E-state index contributed by atoms with van der Waals surface area (Å²) in [6.45, 7) is 5.69. The highest BCUT2D eigenvalue weighted by Crippen LogP contribution is 2.28. The molecule has 15 heavy (non-hydrogen) atoms. The minimum atomic E-state index is -0.979. The predicted molar refractivity (Wildman–Crippen MR) is 58.9 cm³/mol. The van der Waals surface area contributed by atoms with E-state index in [2.05, 4.69) is 5.10 Å². The van der Waals surface area contributed by atoms with Crippen LogP contribution in [0.3, 0.4) is 0 Å². The number of aromatic nitrogens is 2. The molecule has 1 heterocycles. The van der Waals surface area contributed by atoms with Crippen LogP contribution in [0.5, 0.6) is 0 Å². The lowest BCUT2D eigenvalue weighted by atomic mass is 10.1. The third kappa shape index (κ3) is 2.51. The van der Waals surface area contributed by atoms with E-state index >= 15 is 0 Å². The lowest BCUT2D eigenvalue weighted by Gasteiger charge is -2.20. The van der Waals surface area contributed by atoms with Gasteiger partial charge in [0.15, 0.2) is 0 Å². The number of hydrogen-bond donors (Lipinski definition) is 2. The fraction of sp³-hybridized carbons (Fsp3) is 0.700. The number of nitrogens with zero attached hydrogens (tertiary/aromatic N) is 2. The van der Waals surface area contributed by atoms with Gasteiger partial charge in [0.1, 0.15) is 6.10 Å². The third-order valence-electron chi connectivity index (χ3n) is 2.34. The molecule has 86 valence electrons. The van der Waals surface area contributed by atoms with Crippen molar-refractivity contribution in [2.75, 3.05) is 0 Å². The van der Waals surface area contributed by atoms with Crippen LogP contribution in [0.2, 0.25) is 5.02 Å². The fourth-order valence-corrected chi connectivity index (χ4v) is 1.69. The molecule has 4 nitrogen and oxygen atoms in total.